The van der Waals surface area contributed by atoms with Crippen LogP contribution in [0.3, 0.4) is 0 Å². The van der Waals surface area contributed by atoms with E-state index in [9.17, 15) is 13.2 Å². The number of fused-ring (bicyclic) bond motifs is 1. The first-order chi connectivity index (χ1) is 13.9. The molecular weight excluding hydrogens is 404 g/mol. The molecule has 1 saturated heterocycles. The summed E-state index contributed by atoms with van der Waals surface area (Å²) in [5.74, 6) is 1.29. The highest BCUT2D eigenvalue weighted by Crippen LogP contribution is 2.37. The molecule has 2 aromatic carbocycles. The fourth-order valence-corrected chi connectivity index (χ4v) is 6.60. The predicted molar refractivity (Wildman–Crippen MR) is 117 cm³/mol. The van der Waals surface area contributed by atoms with Crippen LogP contribution in [0.15, 0.2) is 58.3 Å². The van der Waals surface area contributed by atoms with Gasteiger partial charge in [-0.05, 0) is 48.9 Å². The average Bonchev–Trinajstić information content (AvgIpc) is 2.74. The van der Waals surface area contributed by atoms with Crippen molar-refractivity contribution in [1.82, 2.24) is 4.31 Å². The summed E-state index contributed by atoms with van der Waals surface area (Å²) in [7, 11) is -3.55. The number of nitrogens with zero attached hydrogens (tertiary/aromatic N) is 2. The van der Waals surface area contributed by atoms with Crippen molar-refractivity contribution in [2.45, 2.75) is 36.0 Å². The van der Waals surface area contributed by atoms with Gasteiger partial charge in [0.2, 0.25) is 15.9 Å². The molecular formula is C22H26N2O3S2. The van der Waals surface area contributed by atoms with Crippen molar-refractivity contribution >= 4 is 33.4 Å². The molecule has 2 heterocycles. The van der Waals surface area contributed by atoms with Gasteiger partial charge in [-0.25, -0.2) is 8.42 Å². The molecule has 0 saturated carbocycles. The number of carbonyl (C=O) groups excluding carboxylic acids is 1. The van der Waals surface area contributed by atoms with Gasteiger partial charge in [0.25, 0.3) is 0 Å². The van der Waals surface area contributed by atoms with Crippen LogP contribution in [0.2, 0.25) is 0 Å². The molecule has 0 spiro atoms. The van der Waals surface area contributed by atoms with Gasteiger partial charge in [-0.15, -0.1) is 11.8 Å². The van der Waals surface area contributed by atoms with Crippen LogP contribution >= 0.6 is 11.8 Å². The molecule has 1 amide bonds. The zero-order valence-electron chi connectivity index (χ0n) is 16.6. The summed E-state index contributed by atoms with van der Waals surface area (Å²) in [5, 5.41) is 0. The number of hydrogen-bond donors (Lipinski definition) is 0. The summed E-state index contributed by atoms with van der Waals surface area (Å²) in [5.41, 5.74) is 2.03. The standard InChI is InChI=1S/C22H26N2O3S2/c1-17(25)24-13-14-28-22-8-7-20(16-21(22)24)29(26,27)23-11-9-19(10-12-23)15-18-5-3-2-4-6-18/h2-8,16,19H,9-15H2,1H3. The van der Waals surface area contributed by atoms with E-state index in [0.717, 1.165) is 29.9 Å². The Kier molecular flexibility index (Phi) is 5.99. The van der Waals surface area contributed by atoms with E-state index in [-0.39, 0.29) is 10.8 Å². The monoisotopic (exact) mass is 430 g/mol. The van der Waals surface area contributed by atoms with Gasteiger partial charge in [0.05, 0.1) is 10.6 Å². The first-order valence-corrected chi connectivity index (χ1v) is 12.5. The lowest BCUT2D eigenvalue weighted by atomic mass is 9.91. The van der Waals surface area contributed by atoms with Crippen molar-refractivity contribution in [2.75, 3.05) is 30.3 Å². The molecule has 7 heteroatoms. The smallest absolute Gasteiger partial charge is 0.243 e. The lowest BCUT2D eigenvalue weighted by molar-refractivity contribution is -0.116. The van der Waals surface area contributed by atoms with E-state index >= 15 is 0 Å². The molecule has 2 aliphatic heterocycles. The number of carbonyl (C=O) groups is 1. The van der Waals surface area contributed by atoms with Crippen molar-refractivity contribution in [2.24, 2.45) is 5.92 Å². The lowest BCUT2D eigenvalue weighted by Crippen LogP contribution is -2.39. The first-order valence-electron chi connectivity index (χ1n) is 10.0. The Bertz CT molecular complexity index is 984. The molecule has 0 atom stereocenters. The van der Waals surface area contributed by atoms with Crippen LogP contribution < -0.4 is 4.90 Å². The third kappa shape index (κ3) is 4.37. The van der Waals surface area contributed by atoms with Gasteiger partial charge < -0.3 is 4.90 Å². The molecule has 0 radical (unpaired) electrons. The van der Waals surface area contributed by atoms with Gasteiger partial charge in [0.15, 0.2) is 0 Å². The largest absolute Gasteiger partial charge is 0.311 e. The van der Waals surface area contributed by atoms with Crippen LogP contribution in [0.5, 0.6) is 0 Å². The third-order valence-electron chi connectivity index (χ3n) is 5.75. The number of amides is 1. The Morgan fingerprint density at radius 1 is 1.07 bits per heavy atom. The van der Waals surface area contributed by atoms with Crippen LogP contribution in [0, 0.1) is 5.92 Å². The summed E-state index contributed by atoms with van der Waals surface area (Å²) in [6, 6.07) is 15.6. The van der Waals surface area contributed by atoms with E-state index in [4.69, 9.17) is 0 Å². The van der Waals surface area contributed by atoms with E-state index < -0.39 is 10.0 Å². The second-order valence-corrected chi connectivity index (χ2v) is 10.8. The molecule has 2 aromatic rings. The quantitative estimate of drug-likeness (QED) is 0.741. The van der Waals surface area contributed by atoms with Crippen molar-refractivity contribution < 1.29 is 13.2 Å². The Morgan fingerprint density at radius 2 is 1.79 bits per heavy atom. The van der Waals surface area contributed by atoms with E-state index in [0.29, 0.717) is 31.2 Å². The minimum absolute atomic E-state index is 0.0529. The number of rotatable bonds is 4. The molecule has 4 rings (SSSR count). The maximum absolute atomic E-state index is 13.2. The number of benzene rings is 2. The molecule has 0 bridgehead atoms. The van der Waals surface area contributed by atoms with Crippen LogP contribution in [0.1, 0.15) is 25.3 Å². The van der Waals surface area contributed by atoms with Gasteiger partial charge in [-0.1, -0.05) is 30.3 Å². The Labute approximate surface area is 177 Å². The summed E-state index contributed by atoms with van der Waals surface area (Å²) in [6.07, 6.45) is 2.74. The summed E-state index contributed by atoms with van der Waals surface area (Å²) in [6.45, 7) is 3.23. The summed E-state index contributed by atoms with van der Waals surface area (Å²) < 4.78 is 28.1. The van der Waals surface area contributed by atoms with Crippen LogP contribution in [0.4, 0.5) is 5.69 Å². The van der Waals surface area contributed by atoms with Gasteiger partial charge in [-0.3, -0.25) is 4.79 Å². The predicted octanol–water partition coefficient (Wildman–Crippen LogP) is 3.79. The second-order valence-electron chi connectivity index (χ2n) is 7.69. The maximum Gasteiger partial charge on any atom is 0.243 e. The average molecular weight is 431 g/mol. The molecule has 0 unspecified atom stereocenters. The number of sulfonamides is 1. The lowest BCUT2D eigenvalue weighted by Gasteiger charge is -2.32. The van der Waals surface area contributed by atoms with Crippen LogP contribution in [0.25, 0.3) is 0 Å². The number of anilines is 1. The molecule has 2 aliphatic rings. The van der Waals surface area contributed by atoms with Crippen molar-refractivity contribution in [1.29, 1.82) is 0 Å². The first kappa shape index (κ1) is 20.4. The highest BCUT2D eigenvalue weighted by molar-refractivity contribution is 7.99. The molecule has 5 nitrogen and oxygen atoms in total. The topological polar surface area (TPSA) is 57.7 Å². The fraction of sp³-hybridized carbons (Fsp3) is 0.409. The van der Waals surface area contributed by atoms with Crippen molar-refractivity contribution in [3.63, 3.8) is 0 Å². The van der Waals surface area contributed by atoms with Gasteiger partial charge >= 0.3 is 0 Å². The Morgan fingerprint density at radius 3 is 2.48 bits per heavy atom. The maximum atomic E-state index is 13.2. The van der Waals surface area contributed by atoms with Gasteiger partial charge in [-0.2, -0.15) is 4.31 Å². The minimum Gasteiger partial charge on any atom is -0.311 e. The fourth-order valence-electron chi connectivity index (χ4n) is 4.14. The van der Waals surface area contributed by atoms with Crippen LogP contribution in [-0.4, -0.2) is 44.0 Å². The number of hydrogen-bond acceptors (Lipinski definition) is 4. The van der Waals surface area contributed by atoms with E-state index in [1.807, 2.05) is 24.3 Å². The summed E-state index contributed by atoms with van der Waals surface area (Å²) in [4.78, 5) is 14.9. The summed E-state index contributed by atoms with van der Waals surface area (Å²) >= 11 is 1.66. The Balaban J connectivity index is 1.48. The van der Waals surface area contributed by atoms with E-state index in [1.54, 1.807) is 33.1 Å². The molecule has 1 fully saturated rings. The molecule has 0 aromatic heterocycles. The van der Waals surface area contributed by atoms with Crippen molar-refractivity contribution in [3.8, 4) is 0 Å². The second kappa shape index (κ2) is 8.50. The highest BCUT2D eigenvalue weighted by Gasteiger charge is 2.31. The minimum atomic E-state index is -3.55. The highest BCUT2D eigenvalue weighted by atomic mass is 32.2. The molecule has 0 N–H and O–H groups in total. The SMILES string of the molecule is CC(=O)N1CCSc2ccc(S(=O)(=O)N3CCC(Cc4ccccc4)CC3)cc21. The van der Waals surface area contributed by atoms with Crippen LogP contribution in [-0.2, 0) is 21.2 Å². The van der Waals surface area contributed by atoms with Gasteiger partial charge in [0.1, 0.15) is 0 Å². The number of piperidine rings is 1. The third-order valence-corrected chi connectivity index (χ3v) is 8.69. The van der Waals surface area contributed by atoms with Crippen molar-refractivity contribution in [3.05, 3.63) is 54.1 Å². The van der Waals surface area contributed by atoms with E-state index in [1.165, 1.54) is 12.5 Å². The molecule has 0 aliphatic carbocycles. The zero-order valence-corrected chi connectivity index (χ0v) is 18.2. The van der Waals surface area contributed by atoms with E-state index in [2.05, 4.69) is 12.1 Å². The zero-order chi connectivity index (χ0) is 20.4. The molecule has 154 valence electrons. The molecule has 29 heavy (non-hydrogen) atoms. The normalized spacial score (nSPS) is 18.4. The Hall–Kier alpha value is -1.83. The number of thioether (sulfide) groups is 1. The van der Waals surface area contributed by atoms with Gasteiger partial charge in [0, 0.05) is 37.2 Å².